The molecule has 0 spiro atoms. The first kappa shape index (κ1) is 20.4. The first-order valence-corrected chi connectivity index (χ1v) is 10.4. The summed E-state index contributed by atoms with van der Waals surface area (Å²) in [5.41, 5.74) is 1.71. The number of sulfonamides is 1. The molecule has 0 N–H and O–H groups in total. The van der Waals surface area contributed by atoms with Gasteiger partial charge in [0.25, 0.3) is 0 Å². The number of nitrogens with zero attached hydrogens (tertiary/aromatic N) is 1. The standard InChI is InChI=1S/C20H21F2NO4S/c1-13-4-3-5-14(2)19(13)27-20(24)15-8-10-23(11-9-15)28(25,26)16-6-7-17(21)18(22)12-16/h3-7,12,15H,8-11H2,1-2H3. The molecule has 0 saturated carbocycles. The van der Waals surface area contributed by atoms with Crippen molar-refractivity contribution in [3.8, 4) is 5.75 Å². The molecule has 2 aromatic rings. The van der Waals surface area contributed by atoms with Gasteiger partial charge in [-0.3, -0.25) is 4.79 Å². The van der Waals surface area contributed by atoms with Crippen molar-refractivity contribution in [3.63, 3.8) is 0 Å². The molecule has 1 aliphatic rings. The van der Waals surface area contributed by atoms with Crippen molar-refractivity contribution in [1.29, 1.82) is 0 Å². The average Bonchev–Trinajstić information content (AvgIpc) is 2.67. The molecule has 0 aliphatic carbocycles. The van der Waals surface area contributed by atoms with Crippen LogP contribution in [0.4, 0.5) is 8.78 Å². The molecule has 0 atom stereocenters. The molecule has 1 aliphatic heterocycles. The maximum Gasteiger partial charge on any atom is 0.314 e. The largest absolute Gasteiger partial charge is 0.426 e. The Hall–Kier alpha value is -2.32. The number of benzene rings is 2. The van der Waals surface area contributed by atoms with E-state index < -0.39 is 27.6 Å². The van der Waals surface area contributed by atoms with E-state index in [-0.39, 0.29) is 24.0 Å². The Labute approximate surface area is 163 Å². The summed E-state index contributed by atoms with van der Waals surface area (Å²) in [7, 11) is -3.95. The Morgan fingerprint density at radius 2 is 1.64 bits per heavy atom. The van der Waals surface area contributed by atoms with E-state index in [9.17, 15) is 22.0 Å². The molecule has 0 unspecified atom stereocenters. The molecule has 1 heterocycles. The zero-order valence-electron chi connectivity index (χ0n) is 15.6. The van der Waals surface area contributed by atoms with Crippen molar-refractivity contribution in [3.05, 3.63) is 59.2 Å². The Morgan fingerprint density at radius 1 is 1.04 bits per heavy atom. The number of piperidine rings is 1. The lowest BCUT2D eigenvalue weighted by Crippen LogP contribution is -2.41. The molecule has 5 nitrogen and oxygen atoms in total. The van der Waals surface area contributed by atoms with Crippen LogP contribution in [0.2, 0.25) is 0 Å². The van der Waals surface area contributed by atoms with Gasteiger partial charge in [0, 0.05) is 13.1 Å². The van der Waals surface area contributed by atoms with Crippen LogP contribution >= 0.6 is 0 Å². The van der Waals surface area contributed by atoms with Crippen molar-refractivity contribution in [1.82, 2.24) is 4.31 Å². The third kappa shape index (κ3) is 4.07. The van der Waals surface area contributed by atoms with Gasteiger partial charge in [0.05, 0.1) is 10.8 Å². The lowest BCUT2D eigenvalue weighted by atomic mass is 9.98. The monoisotopic (exact) mass is 409 g/mol. The number of ether oxygens (including phenoxy) is 1. The maximum absolute atomic E-state index is 13.4. The fourth-order valence-corrected chi connectivity index (χ4v) is 4.74. The van der Waals surface area contributed by atoms with Crippen molar-refractivity contribution in [2.75, 3.05) is 13.1 Å². The molecule has 3 rings (SSSR count). The number of para-hydroxylation sites is 1. The molecule has 2 aromatic carbocycles. The van der Waals surface area contributed by atoms with E-state index in [1.807, 2.05) is 32.0 Å². The summed E-state index contributed by atoms with van der Waals surface area (Å²) in [5.74, 6) is -2.60. The number of carbonyl (C=O) groups excluding carboxylic acids is 1. The summed E-state index contributed by atoms with van der Waals surface area (Å²) in [4.78, 5) is 12.2. The number of halogens is 2. The Balaban J connectivity index is 1.66. The summed E-state index contributed by atoms with van der Waals surface area (Å²) < 4.78 is 58.5. The van der Waals surface area contributed by atoms with Crippen LogP contribution in [-0.4, -0.2) is 31.8 Å². The van der Waals surface area contributed by atoms with Crippen molar-refractivity contribution >= 4 is 16.0 Å². The highest BCUT2D eigenvalue weighted by Gasteiger charge is 2.33. The highest BCUT2D eigenvalue weighted by atomic mass is 32.2. The molecule has 28 heavy (non-hydrogen) atoms. The lowest BCUT2D eigenvalue weighted by molar-refractivity contribution is -0.140. The van der Waals surface area contributed by atoms with E-state index in [0.29, 0.717) is 24.7 Å². The van der Waals surface area contributed by atoms with Gasteiger partial charge in [-0.15, -0.1) is 0 Å². The summed E-state index contributed by atoms with van der Waals surface area (Å²) in [6, 6.07) is 8.08. The van der Waals surface area contributed by atoms with Crippen LogP contribution in [0.5, 0.6) is 5.75 Å². The second-order valence-corrected chi connectivity index (χ2v) is 8.83. The minimum Gasteiger partial charge on any atom is -0.426 e. The zero-order valence-corrected chi connectivity index (χ0v) is 16.4. The van der Waals surface area contributed by atoms with Gasteiger partial charge in [-0.05, 0) is 56.0 Å². The minimum absolute atomic E-state index is 0.105. The van der Waals surface area contributed by atoms with Crippen LogP contribution in [0.15, 0.2) is 41.3 Å². The molecular formula is C20H21F2NO4S. The number of hydrogen-bond acceptors (Lipinski definition) is 4. The summed E-state index contributed by atoms with van der Waals surface area (Å²) in [6.07, 6.45) is 0.597. The topological polar surface area (TPSA) is 63.7 Å². The van der Waals surface area contributed by atoms with E-state index in [1.54, 1.807) is 0 Å². The number of aryl methyl sites for hydroxylation is 2. The SMILES string of the molecule is Cc1cccc(C)c1OC(=O)C1CCN(S(=O)(=O)c2ccc(F)c(F)c2)CC1. The molecule has 1 fully saturated rings. The maximum atomic E-state index is 13.4. The Morgan fingerprint density at radius 3 is 2.21 bits per heavy atom. The fraction of sp³-hybridized carbons (Fsp3) is 0.350. The molecule has 8 heteroatoms. The smallest absolute Gasteiger partial charge is 0.314 e. The number of hydrogen-bond donors (Lipinski definition) is 0. The van der Waals surface area contributed by atoms with Gasteiger partial charge < -0.3 is 4.74 Å². The lowest BCUT2D eigenvalue weighted by Gasteiger charge is -2.30. The number of carbonyl (C=O) groups is 1. The Kier molecular flexibility index (Phi) is 5.81. The molecule has 0 bridgehead atoms. The summed E-state index contributed by atoms with van der Waals surface area (Å²) in [5, 5.41) is 0. The predicted octanol–water partition coefficient (Wildman–Crippen LogP) is 3.59. The van der Waals surface area contributed by atoms with E-state index in [4.69, 9.17) is 4.74 Å². The summed E-state index contributed by atoms with van der Waals surface area (Å²) in [6.45, 7) is 3.92. The van der Waals surface area contributed by atoms with Gasteiger partial charge in [0.2, 0.25) is 10.0 Å². The number of esters is 1. The first-order valence-electron chi connectivity index (χ1n) is 8.93. The molecular weight excluding hydrogens is 388 g/mol. The van der Waals surface area contributed by atoms with Gasteiger partial charge in [0.15, 0.2) is 11.6 Å². The molecule has 150 valence electrons. The van der Waals surface area contributed by atoms with Crippen molar-refractivity contribution < 1.29 is 26.7 Å². The van der Waals surface area contributed by atoms with Crippen LogP contribution in [0.1, 0.15) is 24.0 Å². The second kappa shape index (κ2) is 7.97. The predicted molar refractivity (Wildman–Crippen MR) is 99.4 cm³/mol. The molecule has 0 amide bonds. The summed E-state index contributed by atoms with van der Waals surface area (Å²) >= 11 is 0. The van der Waals surface area contributed by atoms with Gasteiger partial charge in [-0.2, -0.15) is 4.31 Å². The van der Waals surface area contributed by atoms with Crippen LogP contribution < -0.4 is 4.74 Å². The minimum atomic E-state index is -3.95. The zero-order chi connectivity index (χ0) is 20.5. The van der Waals surface area contributed by atoms with E-state index >= 15 is 0 Å². The molecule has 1 saturated heterocycles. The van der Waals surface area contributed by atoms with Crippen LogP contribution in [0.3, 0.4) is 0 Å². The highest BCUT2D eigenvalue weighted by molar-refractivity contribution is 7.89. The third-order valence-corrected chi connectivity index (χ3v) is 6.82. The van der Waals surface area contributed by atoms with Gasteiger partial charge in [-0.25, -0.2) is 17.2 Å². The van der Waals surface area contributed by atoms with Gasteiger partial charge in [-0.1, -0.05) is 18.2 Å². The fourth-order valence-electron chi connectivity index (χ4n) is 3.26. The van der Waals surface area contributed by atoms with E-state index in [1.165, 1.54) is 4.31 Å². The second-order valence-electron chi connectivity index (χ2n) is 6.90. The van der Waals surface area contributed by atoms with E-state index in [0.717, 1.165) is 23.3 Å². The van der Waals surface area contributed by atoms with Crippen LogP contribution in [0, 0.1) is 31.4 Å². The van der Waals surface area contributed by atoms with Gasteiger partial charge >= 0.3 is 5.97 Å². The quantitative estimate of drug-likeness (QED) is 0.572. The van der Waals surface area contributed by atoms with Crippen LogP contribution in [-0.2, 0) is 14.8 Å². The third-order valence-electron chi connectivity index (χ3n) is 4.93. The Bertz CT molecular complexity index is 979. The number of rotatable bonds is 4. The molecule has 0 aromatic heterocycles. The molecule has 0 radical (unpaired) electrons. The first-order chi connectivity index (χ1) is 13.2. The normalized spacial score (nSPS) is 16.1. The van der Waals surface area contributed by atoms with Crippen molar-refractivity contribution in [2.45, 2.75) is 31.6 Å². The van der Waals surface area contributed by atoms with Crippen molar-refractivity contribution in [2.24, 2.45) is 5.92 Å². The van der Waals surface area contributed by atoms with Crippen LogP contribution in [0.25, 0.3) is 0 Å². The highest BCUT2D eigenvalue weighted by Crippen LogP contribution is 2.28. The van der Waals surface area contributed by atoms with E-state index in [2.05, 4.69) is 0 Å². The van der Waals surface area contributed by atoms with Gasteiger partial charge in [0.1, 0.15) is 5.75 Å². The average molecular weight is 409 g/mol.